The minimum Gasteiger partial charge on any atom is -0.496 e. The fourth-order valence-electron chi connectivity index (χ4n) is 3.35. The van der Waals surface area contributed by atoms with Crippen LogP contribution in [0.15, 0.2) is 17.5 Å². The molecule has 3 amide bonds. The maximum atomic E-state index is 12.8. The van der Waals surface area contributed by atoms with E-state index in [4.69, 9.17) is 9.47 Å². The summed E-state index contributed by atoms with van der Waals surface area (Å²) in [6.07, 6.45) is 0.485. The van der Waals surface area contributed by atoms with Crippen molar-refractivity contribution in [2.75, 3.05) is 37.9 Å². The zero-order chi connectivity index (χ0) is 24.5. The summed E-state index contributed by atoms with van der Waals surface area (Å²) >= 11 is 1.13. The van der Waals surface area contributed by atoms with Gasteiger partial charge in [-0.25, -0.2) is 4.98 Å². The topological polar surface area (TPSA) is 122 Å². The highest BCUT2D eigenvalue weighted by Gasteiger charge is 2.20. The fourth-order valence-corrected chi connectivity index (χ4v) is 4.04. The van der Waals surface area contributed by atoms with Crippen LogP contribution in [-0.4, -0.2) is 67.5 Å². The van der Waals surface area contributed by atoms with Gasteiger partial charge in [-0.3, -0.25) is 24.6 Å². The first-order valence-corrected chi connectivity index (χ1v) is 11.4. The molecule has 0 spiro atoms. The molecule has 10 nitrogen and oxygen atoms in total. The lowest BCUT2D eigenvalue weighted by Crippen LogP contribution is -2.42. The van der Waals surface area contributed by atoms with Gasteiger partial charge in [0.25, 0.3) is 11.8 Å². The molecule has 0 fully saturated rings. The van der Waals surface area contributed by atoms with Crippen LogP contribution in [0, 0.1) is 0 Å². The van der Waals surface area contributed by atoms with Crippen molar-refractivity contribution in [3.8, 4) is 11.5 Å². The lowest BCUT2D eigenvalue weighted by molar-refractivity contribution is -0.105. The first-order valence-electron chi connectivity index (χ1n) is 10.5. The van der Waals surface area contributed by atoms with Crippen LogP contribution in [0.25, 0.3) is 0 Å². The van der Waals surface area contributed by atoms with Gasteiger partial charge in [0.2, 0.25) is 6.41 Å². The van der Waals surface area contributed by atoms with Gasteiger partial charge < -0.3 is 20.1 Å². The Kier molecular flexibility index (Phi) is 9.61. The molecule has 0 saturated carbocycles. The Bertz CT molecular complexity index is 968. The van der Waals surface area contributed by atoms with Crippen LogP contribution >= 0.6 is 11.3 Å². The molecule has 1 heterocycles. The summed E-state index contributed by atoms with van der Waals surface area (Å²) in [5.74, 6) is -0.208. The summed E-state index contributed by atoms with van der Waals surface area (Å²) < 4.78 is 10.5. The van der Waals surface area contributed by atoms with Crippen LogP contribution in [0.4, 0.5) is 10.8 Å². The number of carbonyl (C=O) groups excluding carboxylic acids is 3. The molecule has 180 valence electrons. The number of hydrogen-bond donors (Lipinski definition) is 3. The molecule has 0 radical (unpaired) electrons. The number of benzene rings is 1. The number of thiazole rings is 1. The highest BCUT2D eigenvalue weighted by atomic mass is 32.1. The van der Waals surface area contributed by atoms with Crippen LogP contribution in [-0.2, 0) is 4.79 Å². The number of rotatable bonds is 12. The van der Waals surface area contributed by atoms with E-state index in [-0.39, 0.29) is 28.0 Å². The third-order valence-electron chi connectivity index (χ3n) is 4.92. The fraction of sp³-hybridized carbons (Fsp3) is 0.455. The van der Waals surface area contributed by atoms with Gasteiger partial charge in [0.05, 0.1) is 25.5 Å². The van der Waals surface area contributed by atoms with Crippen LogP contribution in [0.3, 0.4) is 0 Å². The second-order valence-electron chi connectivity index (χ2n) is 7.69. The van der Waals surface area contributed by atoms with E-state index < -0.39 is 5.91 Å². The number of anilines is 2. The lowest BCUT2D eigenvalue weighted by Gasteiger charge is -2.30. The van der Waals surface area contributed by atoms with Crippen molar-refractivity contribution in [2.24, 2.45) is 0 Å². The molecule has 1 aromatic carbocycles. The van der Waals surface area contributed by atoms with Crippen LogP contribution in [0.2, 0.25) is 0 Å². The second-order valence-corrected chi connectivity index (χ2v) is 8.55. The van der Waals surface area contributed by atoms with Gasteiger partial charge in [-0.2, -0.15) is 0 Å². The molecular formula is C22H31N5O5S. The maximum absolute atomic E-state index is 12.8. The minimum atomic E-state index is -0.505. The molecule has 0 bridgehead atoms. The largest absolute Gasteiger partial charge is 0.496 e. The normalized spacial score (nSPS) is 10.9. The Hall–Kier alpha value is -3.18. The maximum Gasteiger partial charge on any atom is 0.270 e. The van der Waals surface area contributed by atoms with Crippen molar-refractivity contribution in [1.29, 1.82) is 0 Å². The molecule has 1 aromatic heterocycles. The van der Waals surface area contributed by atoms with Crippen LogP contribution in [0.5, 0.6) is 11.5 Å². The van der Waals surface area contributed by atoms with Gasteiger partial charge in [0.15, 0.2) is 5.13 Å². The number of methoxy groups -OCH3 is 2. The van der Waals surface area contributed by atoms with Gasteiger partial charge in [-0.1, -0.05) is 0 Å². The summed E-state index contributed by atoms with van der Waals surface area (Å²) in [5.41, 5.74) is 0.710. The monoisotopic (exact) mass is 477 g/mol. The molecule has 0 aliphatic rings. The average molecular weight is 478 g/mol. The number of nitrogens with zero attached hydrogens (tertiary/aromatic N) is 2. The van der Waals surface area contributed by atoms with E-state index in [1.165, 1.54) is 26.4 Å². The van der Waals surface area contributed by atoms with E-state index in [0.29, 0.717) is 36.5 Å². The van der Waals surface area contributed by atoms with E-state index in [1.54, 1.807) is 5.38 Å². The quantitative estimate of drug-likeness (QED) is 0.402. The Morgan fingerprint density at radius 2 is 1.76 bits per heavy atom. The third-order valence-corrected chi connectivity index (χ3v) is 5.68. The summed E-state index contributed by atoms with van der Waals surface area (Å²) in [5, 5.41) is 9.86. The number of hydrogen-bond acceptors (Lipinski definition) is 8. The molecule has 0 aliphatic heterocycles. The standard InChI is InChI=1S/C22H31N5O5S/c1-13(2)27(14(3)4)8-7-23-21(30)17-11-33-22(25-17)26-20(29)15-9-16(24-12-28)19(32-6)10-18(15)31-5/h9-14H,7-8H2,1-6H3,(H,23,30)(H,24,28)(H,25,26,29). The van der Waals surface area contributed by atoms with Crippen LogP contribution < -0.4 is 25.4 Å². The van der Waals surface area contributed by atoms with E-state index in [9.17, 15) is 14.4 Å². The Balaban J connectivity index is 2.06. The molecule has 0 atom stereocenters. The van der Waals surface area contributed by atoms with Crippen molar-refractivity contribution < 1.29 is 23.9 Å². The predicted octanol–water partition coefficient (Wildman–Crippen LogP) is 2.83. The SMILES string of the molecule is COc1cc(OC)c(C(=O)Nc2nc(C(=O)NCCN(C(C)C)C(C)C)cs2)cc1NC=O. The molecule has 2 aromatic rings. The van der Waals surface area contributed by atoms with Crippen molar-refractivity contribution >= 4 is 40.4 Å². The number of aromatic nitrogens is 1. The molecule has 2 rings (SSSR count). The summed E-state index contributed by atoms with van der Waals surface area (Å²) in [6, 6.07) is 3.69. The summed E-state index contributed by atoms with van der Waals surface area (Å²) in [4.78, 5) is 42.6. The smallest absolute Gasteiger partial charge is 0.270 e. The zero-order valence-electron chi connectivity index (χ0n) is 19.7. The first-order chi connectivity index (χ1) is 15.7. The van der Waals surface area contributed by atoms with Gasteiger partial charge in [-0.15, -0.1) is 11.3 Å². The third kappa shape index (κ3) is 6.90. The molecular weight excluding hydrogens is 446 g/mol. The molecule has 3 N–H and O–H groups in total. The van der Waals surface area contributed by atoms with E-state index in [1.807, 2.05) is 0 Å². The van der Waals surface area contributed by atoms with Gasteiger partial charge >= 0.3 is 0 Å². The molecule has 33 heavy (non-hydrogen) atoms. The van der Waals surface area contributed by atoms with Crippen molar-refractivity contribution in [3.05, 3.63) is 28.8 Å². The predicted molar refractivity (Wildman–Crippen MR) is 129 cm³/mol. The molecule has 11 heteroatoms. The summed E-state index contributed by atoms with van der Waals surface area (Å²) in [7, 11) is 2.86. The highest BCUT2D eigenvalue weighted by molar-refractivity contribution is 7.14. The number of ether oxygens (including phenoxy) is 2. The zero-order valence-corrected chi connectivity index (χ0v) is 20.5. The molecule has 0 saturated heterocycles. The molecule has 0 aliphatic carbocycles. The Morgan fingerprint density at radius 3 is 2.33 bits per heavy atom. The van der Waals surface area contributed by atoms with Crippen molar-refractivity contribution in [1.82, 2.24) is 15.2 Å². The number of carbonyl (C=O) groups is 3. The van der Waals surface area contributed by atoms with Gasteiger partial charge in [-0.05, 0) is 33.8 Å². The van der Waals surface area contributed by atoms with E-state index >= 15 is 0 Å². The minimum absolute atomic E-state index is 0.173. The van der Waals surface area contributed by atoms with Crippen LogP contribution in [0.1, 0.15) is 48.5 Å². The molecule has 0 unspecified atom stereocenters. The lowest BCUT2D eigenvalue weighted by atomic mass is 10.1. The van der Waals surface area contributed by atoms with E-state index in [2.05, 4.69) is 53.5 Å². The van der Waals surface area contributed by atoms with Gasteiger partial charge in [0.1, 0.15) is 17.2 Å². The van der Waals surface area contributed by atoms with Crippen molar-refractivity contribution in [2.45, 2.75) is 39.8 Å². The first kappa shape index (κ1) is 26.1. The van der Waals surface area contributed by atoms with Crippen molar-refractivity contribution in [3.63, 3.8) is 0 Å². The van der Waals surface area contributed by atoms with Gasteiger partial charge in [0, 0.05) is 36.6 Å². The average Bonchev–Trinajstić information content (AvgIpc) is 3.24. The number of amides is 3. The Labute approximate surface area is 197 Å². The highest BCUT2D eigenvalue weighted by Crippen LogP contribution is 2.33. The number of nitrogens with one attached hydrogen (secondary N) is 3. The second kappa shape index (κ2) is 12.2. The Morgan fingerprint density at radius 1 is 1.09 bits per heavy atom. The van der Waals surface area contributed by atoms with E-state index in [0.717, 1.165) is 17.9 Å². The summed E-state index contributed by atoms with van der Waals surface area (Å²) in [6.45, 7) is 9.69.